The average molecular weight is 511 g/mol. The molecule has 7 nitrogen and oxygen atoms in total. The number of halogens is 1. The SMILES string of the molecule is C\C=C/C=C1/C(=O)N(C(CCC=O)C(=O)NC)C/C1=C\CCCCN1CCN(c2ccc(F)cc2)CC1. The van der Waals surface area contributed by atoms with Crippen LogP contribution in [0, 0.1) is 5.82 Å². The van der Waals surface area contributed by atoms with E-state index >= 15 is 0 Å². The topological polar surface area (TPSA) is 73.0 Å². The van der Waals surface area contributed by atoms with Gasteiger partial charge in [-0.3, -0.25) is 14.5 Å². The molecule has 1 unspecified atom stereocenters. The molecule has 1 N–H and O–H groups in total. The van der Waals surface area contributed by atoms with Gasteiger partial charge in [0.2, 0.25) is 5.91 Å². The van der Waals surface area contributed by atoms with Crippen molar-refractivity contribution in [3.05, 3.63) is 65.5 Å². The van der Waals surface area contributed by atoms with Crippen LogP contribution in [-0.2, 0) is 14.4 Å². The molecular weight excluding hydrogens is 471 g/mol. The molecule has 2 aliphatic rings. The van der Waals surface area contributed by atoms with Crippen molar-refractivity contribution in [2.45, 2.75) is 45.1 Å². The second kappa shape index (κ2) is 14.5. The average Bonchev–Trinajstić information content (AvgIpc) is 3.22. The predicted octanol–water partition coefficient (Wildman–Crippen LogP) is 3.48. The fraction of sp³-hybridized carbons (Fsp3) is 0.483. The van der Waals surface area contributed by atoms with Crippen molar-refractivity contribution in [2.75, 3.05) is 51.2 Å². The molecule has 2 heterocycles. The third-order valence-electron chi connectivity index (χ3n) is 7.00. The number of carbonyl (C=O) groups is 3. The van der Waals surface area contributed by atoms with Crippen molar-refractivity contribution in [2.24, 2.45) is 0 Å². The van der Waals surface area contributed by atoms with Crippen molar-refractivity contribution in [1.82, 2.24) is 15.1 Å². The van der Waals surface area contributed by atoms with Crippen LogP contribution in [0.2, 0.25) is 0 Å². The van der Waals surface area contributed by atoms with Crippen molar-refractivity contribution < 1.29 is 18.8 Å². The molecule has 1 aromatic rings. The Bertz CT molecular complexity index is 1010. The minimum absolute atomic E-state index is 0.164. The molecule has 2 amide bonds. The Labute approximate surface area is 219 Å². The quantitative estimate of drug-likeness (QED) is 0.265. The van der Waals surface area contributed by atoms with E-state index in [9.17, 15) is 18.8 Å². The van der Waals surface area contributed by atoms with Gasteiger partial charge in [-0.15, -0.1) is 0 Å². The molecule has 8 heteroatoms. The first-order valence-electron chi connectivity index (χ1n) is 13.2. The summed E-state index contributed by atoms with van der Waals surface area (Å²) in [4.78, 5) is 42.9. The van der Waals surface area contributed by atoms with E-state index in [4.69, 9.17) is 0 Å². The minimum atomic E-state index is -0.656. The minimum Gasteiger partial charge on any atom is -0.369 e. The number of anilines is 1. The lowest BCUT2D eigenvalue weighted by Crippen LogP contribution is -2.46. The molecule has 0 radical (unpaired) electrons. The maximum absolute atomic E-state index is 13.2. The van der Waals surface area contributed by atoms with E-state index < -0.39 is 6.04 Å². The van der Waals surface area contributed by atoms with Crippen LogP contribution in [0.15, 0.2) is 59.7 Å². The van der Waals surface area contributed by atoms with E-state index in [0.717, 1.165) is 69.5 Å². The van der Waals surface area contributed by atoms with Gasteiger partial charge < -0.3 is 19.9 Å². The smallest absolute Gasteiger partial charge is 0.255 e. The largest absolute Gasteiger partial charge is 0.369 e. The summed E-state index contributed by atoms with van der Waals surface area (Å²) in [6.45, 7) is 7.14. The van der Waals surface area contributed by atoms with Crippen molar-refractivity contribution in [3.8, 4) is 0 Å². The number of likely N-dealkylation sites (tertiary alicyclic amines) is 1. The summed E-state index contributed by atoms with van der Waals surface area (Å²) in [7, 11) is 1.55. The van der Waals surface area contributed by atoms with Crippen LogP contribution in [0.4, 0.5) is 10.1 Å². The highest BCUT2D eigenvalue weighted by atomic mass is 19.1. The number of hydrogen-bond acceptors (Lipinski definition) is 5. The zero-order chi connectivity index (χ0) is 26.6. The maximum atomic E-state index is 13.2. The number of unbranched alkanes of at least 4 members (excludes halogenated alkanes) is 2. The summed E-state index contributed by atoms with van der Waals surface area (Å²) >= 11 is 0. The van der Waals surface area contributed by atoms with Crippen LogP contribution in [0.25, 0.3) is 0 Å². The molecule has 0 aliphatic carbocycles. The zero-order valence-electron chi connectivity index (χ0n) is 22.0. The Morgan fingerprint density at radius 3 is 2.49 bits per heavy atom. The molecule has 37 heavy (non-hydrogen) atoms. The number of hydrogen-bond donors (Lipinski definition) is 1. The number of rotatable bonds is 12. The summed E-state index contributed by atoms with van der Waals surface area (Å²) in [5.41, 5.74) is 2.63. The highest BCUT2D eigenvalue weighted by Crippen LogP contribution is 2.28. The summed E-state index contributed by atoms with van der Waals surface area (Å²) in [5, 5.41) is 2.63. The first-order chi connectivity index (χ1) is 18.0. The molecular formula is C29H39FN4O3. The molecule has 3 rings (SSSR count). The van der Waals surface area contributed by atoms with Gasteiger partial charge in [-0.2, -0.15) is 0 Å². The van der Waals surface area contributed by atoms with E-state index in [1.807, 2.05) is 37.3 Å². The van der Waals surface area contributed by atoms with Gasteiger partial charge in [0.05, 0.1) is 0 Å². The van der Waals surface area contributed by atoms with E-state index in [1.165, 1.54) is 12.1 Å². The molecule has 2 fully saturated rings. The van der Waals surface area contributed by atoms with Crippen molar-refractivity contribution in [3.63, 3.8) is 0 Å². The van der Waals surface area contributed by atoms with Crippen LogP contribution in [0.5, 0.6) is 0 Å². The van der Waals surface area contributed by atoms with E-state index in [2.05, 4.69) is 21.2 Å². The summed E-state index contributed by atoms with van der Waals surface area (Å²) in [5.74, 6) is -0.620. The molecule has 2 aliphatic heterocycles. The first-order valence-corrected chi connectivity index (χ1v) is 13.2. The van der Waals surface area contributed by atoms with Crippen LogP contribution in [0.1, 0.15) is 39.0 Å². The van der Waals surface area contributed by atoms with Crippen LogP contribution in [0.3, 0.4) is 0 Å². The number of nitrogens with one attached hydrogen (secondary N) is 1. The second-order valence-electron chi connectivity index (χ2n) is 9.44. The van der Waals surface area contributed by atoms with Gasteiger partial charge in [0.1, 0.15) is 18.1 Å². The van der Waals surface area contributed by atoms with Crippen molar-refractivity contribution >= 4 is 23.8 Å². The Hall–Kier alpha value is -3.26. The molecule has 200 valence electrons. The Morgan fingerprint density at radius 2 is 1.84 bits per heavy atom. The Kier molecular flexibility index (Phi) is 11.1. The molecule has 2 saturated heterocycles. The van der Waals surface area contributed by atoms with Crippen LogP contribution in [-0.4, -0.2) is 80.3 Å². The highest BCUT2D eigenvalue weighted by Gasteiger charge is 2.37. The number of benzene rings is 1. The third kappa shape index (κ3) is 7.86. The van der Waals surface area contributed by atoms with Crippen molar-refractivity contribution in [1.29, 1.82) is 0 Å². The fourth-order valence-corrected chi connectivity index (χ4v) is 4.89. The lowest BCUT2D eigenvalue weighted by atomic mass is 10.1. The molecule has 0 saturated carbocycles. The number of nitrogens with zero attached hydrogens (tertiary/aromatic N) is 3. The first kappa shape index (κ1) is 28.3. The van der Waals surface area contributed by atoms with Gasteiger partial charge in [-0.1, -0.05) is 18.2 Å². The Balaban J connectivity index is 1.51. The number of allylic oxidation sites excluding steroid dienone is 4. The normalized spacial score (nSPS) is 19.8. The number of aldehydes is 1. The molecule has 0 spiro atoms. The Morgan fingerprint density at radius 1 is 1.11 bits per heavy atom. The molecule has 0 bridgehead atoms. The van der Waals surface area contributed by atoms with Crippen LogP contribution < -0.4 is 10.2 Å². The summed E-state index contributed by atoms with van der Waals surface area (Å²) in [6.07, 6.45) is 11.9. The molecule has 1 aromatic carbocycles. The van der Waals surface area contributed by atoms with Crippen LogP contribution >= 0.6 is 0 Å². The second-order valence-corrected chi connectivity index (χ2v) is 9.44. The summed E-state index contributed by atoms with van der Waals surface area (Å²) in [6, 6.07) is 6.04. The lowest BCUT2D eigenvalue weighted by Gasteiger charge is -2.36. The standard InChI is InChI=1S/C29H39FN4O3/c1-3-4-10-26-23(22-34(29(26)37)27(11-8-21-35)28(36)31-2)9-6-5-7-16-32-17-19-33(20-18-32)25-14-12-24(30)13-15-25/h3-4,9-10,12-15,21,27H,5-8,11,16-20,22H2,1-2H3,(H,31,36)/b4-3-,23-9+,26-10+. The predicted molar refractivity (Wildman–Crippen MR) is 145 cm³/mol. The third-order valence-corrected chi connectivity index (χ3v) is 7.00. The number of carbonyl (C=O) groups excluding carboxylic acids is 3. The van der Waals surface area contributed by atoms with Gasteiger partial charge >= 0.3 is 0 Å². The fourth-order valence-electron chi connectivity index (χ4n) is 4.89. The van der Waals surface area contributed by atoms with Gasteiger partial charge in [0, 0.05) is 57.5 Å². The molecule has 0 aromatic heterocycles. The van der Waals surface area contributed by atoms with E-state index in [0.29, 0.717) is 18.5 Å². The van der Waals surface area contributed by atoms with Gasteiger partial charge in [0.15, 0.2) is 0 Å². The van der Waals surface area contributed by atoms with Gasteiger partial charge in [-0.25, -0.2) is 4.39 Å². The highest BCUT2D eigenvalue weighted by molar-refractivity contribution is 6.04. The van der Waals surface area contributed by atoms with E-state index in [1.54, 1.807) is 11.9 Å². The maximum Gasteiger partial charge on any atom is 0.255 e. The van der Waals surface area contributed by atoms with E-state index in [-0.39, 0.29) is 24.1 Å². The lowest BCUT2D eigenvalue weighted by molar-refractivity contribution is -0.136. The molecule has 1 atom stereocenters. The monoisotopic (exact) mass is 510 g/mol. The van der Waals surface area contributed by atoms with Gasteiger partial charge in [-0.05, 0) is 75.1 Å². The number of likely N-dealkylation sites (N-methyl/N-ethyl adjacent to an activating group) is 1. The van der Waals surface area contributed by atoms with Gasteiger partial charge in [0.25, 0.3) is 5.91 Å². The zero-order valence-corrected chi connectivity index (χ0v) is 22.0. The summed E-state index contributed by atoms with van der Waals surface area (Å²) < 4.78 is 13.2. The number of amides is 2. The number of piperazine rings is 1.